The number of pyridine rings is 1. The number of aryl methyl sites for hydroxylation is 2. The zero-order chi connectivity index (χ0) is 22.9. The molecule has 0 fully saturated rings. The molecule has 0 saturated carbocycles. The van der Waals surface area contributed by atoms with E-state index in [-0.39, 0.29) is 5.92 Å². The van der Waals surface area contributed by atoms with Crippen LogP contribution in [0.2, 0.25) is 0 Å². The molecule has 0 saturated heterocycles. The molecule has 4 heterocycles. The van der Waals surface area contributed by atoms with Crippen LogP contribution in [0.15, 0.2) is 42.9 Å². The van der Waals surface area contributed by atoms with Crippen LogP contribution in [0.4, 0.5) is 8.78 Å². The molecule has 7 nitrogen and oxygen atoms in total. The summed E-state index contributed by atoms with van der Waals surface area (Å²) in [5, 5.41) is 4.54. The van der Waals surface area contributed by atoms with Crippen molar-refractivity contribution in [2.75, 3.05) is 7.11 Å². The Morgan fingerprint density at radius 2 is 2.00 bits per heavy atom. The molecule has 9 heteroatoms. The van der Waals surface area contributed by atoms with E-state index in [0.29, 0.717) is 41.8 Å². The average Bonchev–Trinajstić information content (AvgIpc) is 3.45. The quantitative estimate of drug-likeness (QED) is 0.448. The van der Waals surface area contributed by atoms with Crippen LogP contribution in [-0.4, -0.2) is 36.4 Å². The van der Waals surface area contributed by atoms with Crippen molar-refractivity contribution in [1.29, 1.82) is 0 Å². The van der Waals surface area contributed by atoms with E-state index in [1.54, 1.807) is 36.3 Å². The first-order valence-electron chi connectivity index (χ1n) is 10.7. The molecule has 1 unspecified atom stereocenters. The summed E-state index contributed by atoms with van der Waals surface area (Å²) in [6.45, 7) is 2.60. The molecule has 1 aromatic carbocycles. The lowest BCUT2D eigenvalue weighted by Crippen LogP contribution is -2.19. The number of halogens is 2. The lowest BCUT2D eigenvalue weighted by atomic mass is 9.91. The molecule has 4 aromatic rings. The summed E-state index contributed by atoms with van der Waals surface area (Å²) in [5.41, 5.74) is 2.67. The third-order valence-corrected chi connectivity index (χ3v) is 5.70. The Morgan fingerprint density at radius 1 is 1.12 bits per heavy atom. The lowest BCUT2D eigenvalue weighted by molar-refractivity contribution is 0.395. The highest BCUT2D eigenvalue weighted by Crippen LogP contribution is 2.34. The van der Waals surface area contributed by atoms with Crippen LogP contribution < -0.4 is 4.74 Å². The van der Waals surface area contributed by atoms with Gasteiger partial charge in [-0.15, -0.1) is 0 Å². The smallest absolute Gasteiger partial charge is 0.238 e. The Labute approximate surface area is 189 Å². The number of nitrogens with zero attached hydrogens (tertiary/aromatic N) is 6. The second-order valence-electron chi connectivity index (χ2n) is 7.91. The molecule has 1 aliphatic rings. The predicted octanol–water partition coefficient (Wildman–Crippen LogP) is 4.55. The molecule has 0 aliphatic carbocycles. The van der Waals surface area contributed by atoms with Crippen LogP contribution >= 0.6 is 0 Å². The standard InChI is InChI=1S/C24H22F2N6O/c1-15-13-31(14-27-15)20-10-8-16(28-24(20)33-2)9-11-21-29-23-18(6-4-12-32(23)30-21)17-5-3-7-19(25)22(17)26/h3,5,7-11,13-14,18H,4,6,12H2,1-2H3. The van der Waals surface area contributed by atoms with Gasteiger partial charge in [-0.1, -0.05) is 12.1 Å². The van der Waals surface area contributed by atoms with Gasteiger partial charge in [0, 0.05) is 24.2 Å². The Balaban J connectivity index is 1.42. The van der Waals surface area contributed by atoms with Gasteiger partial charge in [-0.2, -0.15) is 5.10 Å². The highest BCUT2D eigenvalue weighted by molar-refractivity contribution is 5.65. The molecule has 3 aromatic heterocycles. The van der Waals surface area contributed by atoms with Crippen molar-refractivity contribution in [3.63, 3.8) is 0 Å². The zero-order valence-corrected chi connectivity index (χ0v) is 18.2. The summed E-state index contributed by atoms with van der Waals surface area (Å²) in [6.07, 6.45) is 8.66. The van der Waals surface area contributed by atoms with Crippen LogP contribution in [0.3, 0.4) is 0 Å². The van der Waals surface area contributed by atoms with Gasteiger partial charge in [0.15, 0.2) is 17.5 Å². The molecule has 1 atom stereocenters. The largest absolute Gasteiger partial charge is 0.479 e. The summed E-state index contributed by atoms with van der Waals surface area (Å²) in [5.74, 6) is -0.404. The third-order valence-electron chi connectivity index (χ3n) is 5.70. The van der Waals surface area contributed by atoms with Gasteiger partial charge in [0.05, 0.1) is 24.8 Å². The maximum Gasteiger partial charge on any atom is 0.238 e. The van der Waals surface area contributed by atoms with Crippen LogP contribution in [0, 0.1) is 18.6 Å². The summed E-state index contributed by atoms with van der Waals surface area (Å²) >= 11 is 0. The van der Waals surface area contributed by atoms with Crippen LogP contribution in [-0.2, 0) is 6.54 Å². The maximum atomic E-state index is 14.4. The van der Waals surface area contributed by atoms with Crippen molar-refractivity contribution in [1.82, 2.24) is 29.3 Å². The van der Waals surface area contributed by atoms with E-state index in [4.69, 9.17) is 4.74 Å². The summed E-state index contributed by atoms with van der Waals surface area (Å²) in [6, 6.07) is 8.03. The Bertz CT molecular complexity index is 1340. The minimum atomic E-state index is -0.849. The number of benzene rings is 1. The number of imidazole rings is 1. The minimum absolute atomic E-state index is 0.315. The van der Waals surface area contributed by atoms with E-state index < -0.39 is 11.6 Å². The molecule has 0 N–H and O–H groups in total. The maximum absolute atomic E-state index is 14.4. The summed E-state index contributed by atoms with van der Waals surface area (Å²) in [7, 11) is 1.57. The molecule has 0 spiro atoms. The van der Waals surface area contributed by atoms with Crippen molar-refractivity contribution < 1.29 is 13.5 Å². The molecule has 1 aliphatic heterocycles. The molecule has 168 valence electrons. The average molecular weight is 448 g/mol. The van der Waals surface area contributed by atoms with Gasteiger partial charge in [0.2, 0.25) is 5.88 Å². The zero-order valence-electron chi connectivity index (χ0n) is 18.2. The number of rotatable bonds is 5. The van der Waals surface area contributed by atoms with E-state index in [9.17, 15) is 8.78 Å². The van der Waals surface area contributed by atoms with E-state index in [0.717, 1.165) is 23.9 Å². The molecule has 5 rings (SSSR count). The number of hydrogen-bond donors (Lipinski definition) is 0. The van der Waals surface area contributed by atoms with Gasteiger partial charge >= 0.3 is 0 Å². The van der Waals surface area contributed by atoms with Gasteiger partial charge in [0.25, 0.3) is 0 Å². The normalized spacial score (nSPS) is 15.7. The number of ether oxygens (including phenoxy) is 1. The SMILES string of the molecule is COc1nc(C=Cc2nc3n(n2)CCCC3c2cccc(F)c2F)ccc1-n1cnc(C)c1. The van der Waals surface area contributed by atoms with Gasteiger partial charge in [0.1, 0.15) is 11.5 Å². The van der Waals surface area contributed by atoms with E-state index in [1.165, 1.54) is 6.07 Å². The monoisotopic (exact) mass is 448 g/mol. The fourth-order valence-corrected chi connectivity index (χ4v) is 4.12. The molecular formula is C24H22F2N6O. The molecular weight excluding hydrogens is 426 g/mol. The Morgan fingerprint density at radius 3 is 2.79 bits per heavy atom. The predicted molar refractivity (Wildman–Crippen MR) is 119 cm³/mol. The van der Waals surface area contributed by atoms with Crippen molar-refractivity contribution in [3.8, 4) is 11.6 Å². The Kier molecular flexibility index (Phi) is 5.45. The second kappa shape index (κ2) is 8.57. The van der Waals surface area contributed by atoms with Gasteiger partial charge < -0.3 is 9.30 Å². The summed E-state index contributed by atoms with van der Waals surface area (Å²) in [4.78, 5) is 13.4. The topological polar surface area (TPSA) is 70.7 Å². The first-order valence-corrected chi connectivity index (χ1v) is 10.7. The molecule has 0 bridgehead atoms. The highest BCUT2D eigenvalue weighted by Gasteiger charge is 2.28. The highest BCUT2D eigenvalue weighted by atomic mass is 19.2. The van der Waals surface area contributed by atoms with Crippen molar-refractivity contribution in [2.24, 2.45) is 0 Å². The lowest BCUT2D eigenvalue weighted by Gasteiger charge is -2.22. The fraction of sp³-hybridized carbons (Fsp3) is 0.250. The third kappa shape index (κ3) is 4.02. The second-order valence-corrected chi connectivity index (χ2v) is 7.91. The van der Waals surface area contributed by atoms with Crippen LogP contribution in [0.1, 0.15) is 47.4 Å². The van der Waals surface area contributed by atoms with Crippen molar-refractivity contribution in [3.05, 3.63) is 83.1 Å². The molecule has 0 radical (unpaired) electrons. The van der Waals surface area contributed by atoms with Gasteiger partial charge in [-0.25, -0.2) is 28.4 Å². The van der Waals surface area contributed by atoms with Crippen molar-refractivity contribution >= 4 is 12.2 Å². The first kappa shape index (κ1) is 21.0. The number of aromatic nitrogens is 6. The van der Waals surface area contributed by atoms with Gasteiger partial charge in [-0.05, 0) is 50.1 Å². The number of hydrogen-bond acceptors (Lipinski definition) is 5. The van der Waals surface area contributed by atoms with Gasteiger partial charge in [-0.3, -0.25) is 0 Å². The van der Waals surface area contributed by atoms with Crippen LogP contribution in [0.5, 0.6) is 5.88 Å². The van der Waals surface area contributed by atoms with Crippen molar-refractivity contribution in [2.45, 2.75) is 32.2 Å². The van der Waals surface area contributed by atoms with E-state index in [1.807, 2.05) is 29.8 Å². The molecule has 33 heavy (non-hydrogen) atoms. The fourth-order valence-electron chi connectivity index (χ4n) is 4.12. The number of fused-ring (bicyclic) bond motifs is 1. The Hall–Kier alpha value is -3.88. The van der Waals surface area contributed by atoms with Crippen LogP contribution in [0.25, 0.3) is 17.8 Å². The van der Waals surface area contributed by atoms with E-state index in [2.05, 4.69) is 20.1 Å². The minimum Gasteiger partial charge on any atom is -0.479 e. The summed E-state index contributed by atoms with van der Waals surface area (Å²) < 4.78 is 37.3. The molecule has 0 amide bonds. The first-order chi connectivity index (χ1) is 16.0. The van der Waals surface area contributed by atoms with E-state index >= 15 is 0 Å². The number of methoxy groups -OCH3 is 1.